The van der Waals surface area contributed by atoms with Gasteiger partial charge in [-0.3, -0.25) is 0 Å². The van der Waals surface area contributed by atoms with Gasteiger partial charge in [-0.2, -0.15) is 0 Å². The maximum absolute atomic E-state index is 6.34. The highest BCUT2D eigenvalue weighted by molar-refractivity contribution is 9.10. The summed E-state index contributed by atoms with van der Waals surface area (Å²) in [5.74, 6) is 0.802. The molecule has 0 spiro atoms. The second-order valence-corrected chi connectivity index (χ2v) is 5.98. The van der Waals surface area contributed by atoms with Crippen LogP contribution in [-0.4, -0.2) is 0 Å². The van der Waals surface area contributed by atoms with Crippen LogP contribution in [0.1, 0.15) is 28.5 Å². The average Bonchev–Trinajstić information content (AvgIpc) is 2.86. The lowest BCUT2D eigenvalue weighted by Gasteiger charge is -2.10. The highest BCUT2D eigenvalue weighted by atomic mass is 79.9. The highest BCUT2D eigenvalue weighted by Gasteiger charge is 2.15. The van der Waals surface area contributed by atoms with Crippen molar-refractivity contribution in [3.8, 4) is 0 Å². The monoisotopic (exact) mass is 329 g/mol. The van der Waals surface area contributed by atoms with Gasteiger partial charge in [0.2, 0.25) is 0 Å². The summed E-state index contributed by atoms with van der Waals surface area (Å²) in [5.41, 5.74) is 10.6. The van der Waals surface area contributed by atoms with Gasteiger partial charge in [-0.25, -0.2) is 0 Å². The molecular formula is C17H16BrNO. The Morgan fingerprint density at radius 3 is 2.55 bits per heavy atom. The van der Waals surface area contributed by atoms with Crippen molar-refractivity contribution in [2.24, 2.45) is 5.73 Å². The molecule has 2 nitrogen and oxygen atoms in total. The van der Waals surface area contributed by atoms with E-state index in [1.54, 1.807) is 0 Å². The van der Waals surface area contributed by atoms with Gasteiger partial charge >= 0.3 is 0 Å². The predicted molar refractivity (Wildman–Crippen MR) is 85.9 cm³/mol. The van der Waals surface area contributed by atoms with E-state index in [4.69, 9.17) is 10.2 Å². The topological polar surface area (TPSA) is 39.2 Å². The number of benzene rings is 2. The number of hydrogen-bond donors (Lipinski definition) is 1. The second-order valence-electron chi connectivity index (χ2n) is 5.13. The first-order valence-corrected chi connectivity index (χ1v) is 7.36. The van der Waals surface area contributed by atoms with Gasteiger partial charge in [0.25, 0.3) is 0 Å². The summed E-state index contributed by atoms with van der Waals surface area (Å²) in [6.45, 7) is 4.11. The number of nitrogens with two attached hydrogens (primary N) is 1. The Labute approximate surface area is 126 Å². The summed E-state index contributed by atoms with van der Waals surface area (Å²) in [6.07, 6.45) is 0. The molecule has 0 saturated heterocycles. The summed E-state index contributed by atoms with van der Waals surface area (Å²) in [5, 5.41) is 1.10. The van der Waals surface area contributed by atoms with Gasteiger partial charge in [0, 0.05) is 9.86 Å². The van der Waals surface area contributed by atoms with E-state index in [1.165, 1.54) is 5.56 Å². The molecule has 3 aromatic rings. The molecule has 0 fully saturated rings. The molecule has 0 aliphatic heterocycles. The van der Waals surface area contributed by atoms with Crippen molar-refractivity contribution >= 4 is 26.9 Å². The second kappa shape index (κ2) is 5.08. The van der Waals surface area contributed by atoms with Gasteiger partial charge in [-0.1, -0.05) is 46.3 Å². The zero-order valence-electron chi connectivity index (χ0n) is 11.5. The number of halogens is 1. The van der Waals surface area contributed by atoms with Crippen molar-refractivity contribution < 1.29 is 4.42 Å². The molecule has 3 rings (SSSR count). The van der Waals surface area contributed by atoms with E-state index in [0.717, 1.165) is 32.3 Å². The van der Waals surface area contributed by atoms with Crippen LogP contribution in [0.25, 0.3) is 11.0 Å². The van der Waals surface area contributed by atoms with Crippen LogP contribution in [0.2, 0.25) is 0 Å². The molecule has 0 aliphatic rings. The average molecular weight is 330 g/mol. The number of para-hydroxylation sites is 1. The molecule has 1 aromatic heterocycles. The fraction of sp³-hybridized carbons (Fsp3) is 0.176. The third-order valence-electron chi connectivity index (χ3n) is 3.61. The van der Waals surface area contributed by atoms with Crippen molar-refractivity contribution in [3.63, 3.8) is 0 Å². The van der Waals surface area contributed by atoms with Crippen molar-refractivity contribution in [2.45, 2.75) is 19.9 Å². The van der Waals surface area contributed by atoms with Crippen molar-refractivity contribution in [1.29, 1.82) is 0 Å². The van der Waals surface area contributed by atoms with Crippen LogP contribution in [0, 0.1) is 13.8 Å². The smallest absolute Gasteiger partial charge is 0.137 e. The minimum absolute atomic E-state index is 0.242. The predicted octanol–water partition coefficient (Wildman–Crippen LogP) is 4.86. The largest absolute Gasteiger partial charge is 0.459 e. The van der Waals surface area contributed by atoms with Crippen molar-refractivity contribution in [3.05, 3.63) is 69.4 Å². The molecule has 0 saturated carbocycles. The van der Waals surface area contributed by atoms with E-state index >= 15 is 0 Å². The standard InChI is InChI=1S/C17H16BrNO/c1-10-4-3-5-13-9-15(20-17(10)13)16(19)12-6-7-14(18)11(2)8-12/h3-9,16H,19H2,1-2H3. The maximum atomic E-state index is 6.34. The van der Waals surface area contributed by atoms with E-state index in [1.807, 2.05) is 37.3 Å². The number of fused-ring (bicyclic) bond motifs is 1. The number of rotatable bonds is 2. The zero-order chi connectivity index (χ0) is 14.3. The first kappa shape index (κ1) is 13.4. The lowest BCUT2D eigenvalue weighted by atomic mass is 10.0. The summed E-state index contributed by atoms with van der Waals surface area (Å²) >= 11 is 3.51. The summed E-state index contributed by atoms with van der Waals surface area (Å²) in [7, 11) is 0. The van der Waals surface area contributed by atoms with Gasteiger partial charge in [-0.15, -0.1) is 0 Å². The van der Waals surface area contributed by atoms with Gasteiger partial charge in [-0.05, 0) is 42.7 Å². The molecule has 0 radical (unpaired) electrons. The molecule has 3 heteroatoms. The third kappa shape index (κ3) is 2.28. The van der Waals surface area contributed by atoms with E-state index in [0.29, 0.717) is 0 Å². The minimum Gasteiger partial charge on any atom is -0.459 e. The fourth-order valence-electron chi connectivity index (χ4n) is 2.41. The molecule has 20 heavy (non-hydrogen) atoms. The molecule has 0 amide bonds. The number of aryl methyl sites for hydroxylation is 2. The molecule has 1 unspecified atom stereocenters. The number of furan rings is 1. The lowest BCUT2D eigenvalue weighted by molar-refractivity contribution is 0.523. The lowest BCUT2D eigenvalue weighted by Crippen LogP contribution is -2.10. The summed E-state index contributed by atoms with van der Waals surface area (Å²) in [6, 6.07) is 14.1. The SMILES string of the molecule is Cc1cc(C(N)c2cc3cccc(C)c3o2)ccc1Br. The van der Waals surface area contributed by atoms with Crippen LogP contribution in [0.4, 0.5) is 0 Å². The molecule has 0 bridgehead atoms. The first-order valence-electron chi connectivity index (χ1n) is 6.57. The van der Waals surface area contributed by atoms with Crippen LogP contribution < -0.4 is 5.73 Å². The molecule has 1 heterocycles. The van der Waals surface area contributed by atoms with Crippen LogP contribution in [0.3, 0.4) is 0 Å². The molecule has 0 aliphatic carbocycles. The normalized spacial score (nSPS) is 12.8. The Balaban J connectivity index is 2.05. The van der Waals surface area contributed by atoms with E-state index in [-0.39, 0.29) is 6.04 Å². The highest BCUT2D eigenvalue weighted by Crippen LogP contribution is 2.29. The molecule has 2 aromatic carbocycles. The molecule has 1 atom stereocenters. The molecule has 102 valence electrons. The van der Waals surface area contributed by atoms with Crippen molar-refractivity contribution in [2.75, 3.05) is 0 Å². The Bertz CT molecular complexity index is 776. The van der Waals surface area contributed by atoms with E-state index in [2.05, 4.69) is 35.0 Å². The van der Waals surface area contributed by atoms with Crippen LogP contribution in [0.15, 0.2) is 51.4 Å². The Morgan fingerprint density at radius 1 is 1.05 bits per heavy atom. The van der Waals surface area contributed by atoms with Crippen LogP contribution in [0.5, 0.6) is 0 Å². The summed E-state index contributed by atoms with van der Waals surface area (Å²) < 4.78 is 7.04. The van der Waals surface area contributed by atoms with E-state index in [9.17, 15) is 0 Å². The quantitative estimate of drug-likeness (QED) is 0.729. The Morgan fingerprint density at radius 2 is 1.85 bits per heavy atom. The van der Waals surface area contributed by atoms with Crippen LogP contribution in [-0.2, 0) is 0 Å². The third-order valence-corrected chi connectivity index (χ3v) is 4.50. The number of hydrogen-bond acceptors (Lipinski definition) is 2. The Kier molecular flexibility index (Phi) is 3.40. The van der Waals surface area contributed by atoms with E-state index < -0.39 is 0 Å². The zero-order valence-corrected chi connectivity index (χ0v) is 13.1. The molecular weight excluding hydrogens is 314 g/mol. The Hall–Kier alpha value is -1.58. The summed E-state index contributed by atoms with van der Waals surface area (Å²) in [4.78, 5) is 0. The first-order chi connectivity index (χ1) is 9.56. The maximum Gasteiger partial charge on any atom is 0.137 e. The van der Waals surface area contributed by atoms with Crippen LogP contribution >= 0.6 is 15.9 Å². The van der Waals surface area contributed by atoms with Crippen molar-refractivity contribution in [1.82, 2.24) is 0 Å². The van der Waals surface area contributed by atoms with Gasteiger partial charge < -0.3 is 10.2 Å². The minimum atomic E-state index is -0.242. The van der Waals surface area contributed by atoms with Gasteiger partial charge in [0.15, 0.2) is 0 Å². The fourth-order valence-corrected chi connectivity index (χ4v) is 2.65. The molecule has 2 N–H and O–H groups in total. The van der Waals surface area contributed by atoms with Gasteiger partial charge in [0.1, 0.15) is 11.3 Å². The van der Waals surface area contributed by atoms with Gasteiger partial charge in [0.05, 0.1) is 6.04 Å².